The minimum Gasteiger partial charge on any atom is -0.487 e. The van der Waals surface area contributed by atoms with Gasteiger partial charge in [0.05, 0.1) is 11.4 Å². The van der Waals surface area contributed by atoms with Gasteiger partial charge in [0.25, 0.3) is 5.91 Å². The van der Waals surface area contributed by atoms with Crippen molar-refractivity contribution in [3.8, 4) is 5.75 Å². The number of hydrogen-bond donors (Lipinski definition) is 1. The standard InChI is InChI=1S/C30H39ClN2O4S/c1-21-5-4-16-38(35,36)32-30(34)24-12-14-29-28(18-24)33(19-25-10-9-22(25)8-7-21)15-3-2-6-23-17-27(31)13-11-26(23)20-37-29/h11-14,17-18,21-22,25H,2-10,15-16,19-20H2,1H3,(H,32,34)/t21-,22-,25+/m1/s1. The zero-order valence-electron chi connectivity index (χ0n) is 22.3. The molecule has 8 heteroatoms. The molecular formula is C30H39ClN2O4S. The van der Waals surface area contributed by atoms with Crippen LogP contribution in [-0.4, -0.2) is 33.2 Å². The molecule has 0 spiro atoms. The summed E-state index contributed by atoms with van der Waals surface area (Å²) < 4.78 is 34.0. The van der Waals surface area contributed by atoms with Crippen LogP contribution in [0, 0.1) is 17.8 Å². The van der Waals surface area contributed by atoms with Crippen molar-refractivity contribution in [2.45, 2.75) is 71.3 Å². The maximum absolute atomic E-state index is 13.1. The average Bonchev–Trinajstić information content (AvgIpc) is 2.89. The largest absolute Gasteiger partial charge is 0.487 e. The topological polar surface area (TPSA) is 75.7 Å². The highest BCUT2D eigenvalue weighted by Gasteiger charge is 2.33. The molecule has 0 aromatic heterocycles. The van der Waals surface area contributed by atoms with E-state index in [0.29, 0.717) is 36.3 Å². The number of rotatable bonds is 0. The van der Waals surface area contributed by atoms with Crippen LogP contribution in [-0.2, 0) is 23.1 Å². The minimum absolute atomic E-state index is 0.0290. The molecule has 2 heterocycles. The molecule has 2 bridgehead atoms. The number of fused-ring (bicyclic) bond motifs is 3. The van der Waals surface area contributed by atoms with Crippen LogP contribution < -0.4 is 14.4 Å². The highest BCUT2D eigenvalue weighted by Crippen LogP contribution is 2.41. The number of amides is 1. The third-order valence-electron chi connectivity index (χ3n) is 8.66. The van der Waals surface area contributed by atoms with Gasteiger partial charge in [0, 0.05) is 23.7 Å². The number of nitrogens with one attached hydrogen (secondary N) is 1. The molecule has 38 heavy (non-hydrogen) atoms. The van der Waals surface area contributed by atoms with Gasteiger partial charge >= 0.3 is 0 Å². The molecule has 3 aliphatic rings. The number of carbonyl (C=O) groups excluding carboxylic acids is 1. The second-order valence-corrected chi connectivity index (χ2v) is 13.7. The lowest BCUT2D eigenvalue weighted by atomic mass is 9.70. The molecule has 1 saturated carbocycles. The van der Waals surface area contributed by atoms with E-state index in [1.54, 1.807) is 6.07 Å². The molecule has 1 aliphatic carbocycles. The summed E-state index contributed by atoms with van der Waals surface area (Å²) in [6.07, 6.45) is 9.22. The molecule has 2 aromatic carbocycles. The summed E-state index contributed by atoms with van der Waals surface area (Å²) in [4.78, 5) is 15.5. The first-order valence-electron chi connectivity index (χ1n) is 14.1. The fourth-order valence-corrected chi connectivity index (χ4v) is 7.38. The highest BCUT2D eigenvalue weighted by atomic mass is 35.5. The van der Waals surface area contributed by atoms with Crippen LogP contribution in [0.25, 0.3) is 0 Å². The molecule has 206 valence electrons. The van der Waals surface area contributed by atoms with E-state index in [-0.39, 0.29) is 5.75 Å². The Hall–Kier alpha value is -2.25. The van der Waals surface area contributed by atoms with Gasteiger partial charge in [-0.05, 0) is 111 Å². The first-order valence-corrected chi connectivity index (χ1v) is 16.1. The Morgan fingerprint density at radius 2 is 1.76 bits per heavy atom. The number of nitrogens with zero attached hydrogens (tertiary/aromatic N) is 1. The van der Waals surface area contributed by atoms with Gasteiger partial charge < -0.3 is 9.64 Å². The predicted molar refractivity (Wildman–Crippen MR) is 152 cm³/mol. The van der Waals surface area contributed by atoms with Crippen molar-refractivity contribution < 1.29 is 17.9 Å². The summed E-state index contributed by atoms with van der Waals surface area (Å²) in [5, 5.41) is 0.737. The summed E-state index contributed by atoms with van der Waals surface area (Å²) in [6.45, 7) is 4.42. The van der Waals surface area contributed by atoms with Gasteiger partial charge in [-0.25, -0.2) is 13.1 Å². The second-order valence-electron chi connectivity index (χ2n) is 11.5. The number of sulfonamides is 1. The maximum atomic E-state index is 13.1. The molecule has 1 N–H and O–H groups in total. The summed E-state index contributed by atoms with van der Waals surface area (Å²) in [5.74, 6) is 1.92. The van der Waals surface area contributed by atoms with Crippen molar-refractivity contribution in [3.63, 3.8) is 0 Å². The van der Waals surface area contributed by atoms with Crippen molar-refractivity contribution in [2.24, 2.45) is 17.8 Å². The summed E-state index contributed by atoms with van der Waals surface area (Å²) in [6, 6.07) is 11.3. The molecule has 2 aromatic rings. The zero-order chi connectivity index (χ0) is 26.7. The van der Waals surface area contributed by atoms with Gasteiger partial charge in [0.2, 0.25) is 10.0 Å². The van der Waals surface area contributed by atoms with Crippen molar-refractivity contribution in [2.75, 3.05) is 23.7 Å². The summed E-state index contributed by atoms with van der Waals surface area (Å²) in [5.41, 5.74) is 3.55. The van der Waals surface area contributed by atoms with E-state index in [9.17, 15) is 13.2 Å². The van der Waals surface area contributed by atoms with E-state index >= 15 is 0 Å². The van der Waals surface area contributed by atoms with Crippen LogP contribution >= 0.6 is 11.6 Å². The Bertz CT molecular complexity index is 1260. The fraction of sp³-hybridized carbons (Fsp3) is 0.567. The fourth-order valence-electron chi connectivity index (χ4n) is 6.14. The Balaban J connectivity index is 1.49. The van der Waals surface area contributed by atoms with Crippen LogP contribution in [0.3, 0.4) is 0 Å². The van der Waals surface area contributed by atoms with Crippen LogP contribution in [0.1, 0.15) is 79.8 Å². The van der Waals surface area contributed by atoms with Gasteiger partial charge in [0.1, 0.15) is 12.4 Å². The van der Waals surface area contributed by atoms with Crippen molar-refractivity contribution in [1.29, 1.82) is 0 Å². The van der Waals surface area contributed by atoms with Gasteiger partial charge in [-0.2, -0.15) is 0 Å². The first-order chi connectivity index (χ1) is 18.3. The monoisotopic (exact) mass is 558 g/mol. The van der Waals surface area contributed by atoms with E-state index in [0.717, 1.165) is 67.2 Å². The third kappa shape index (κ3) is 6.66. The van der Waals surface area contributed by atoms with Crippen molar-refractivity contribution in [1.82, 2.24) is 4.72 Å². The third-order valence-corrected chi connectivity index (χ3v) is 10.2. The second kappa shape index (κ2) is 11.9. The molecule has 0 radical (unpaired) electrons. The lowest BCUT2D eigenvalue weighted by Crippen LogP contribution is -2.39. The first kappa shape index (κ1) is 27.3. The predicted octanol–water partition coefficient (Wildman–Crippen LogP) is 6.36. The van der Waals surface area contributed by atoms with E-state index < -0.39 is 15.9 Å². The van der Waals surface area contributed by atoms with Crippen LogP contribution in [0.5, 0.6) is 5.75 Å². The number of carbonyl (C=O) groups is 1. The van der Waals surface area contributed by atoms with Crippen LogP contribution in [0.2, 0.25) is 5.02 Å². The molecule has 3 atom stereocenters. The SMILES string of the molecule is C[C@@H]1CCCS(=O)(=O)NC(=O)c2ccc3c(c2)N(CCCCc2cc(Cl)ccc2CO3)C[C@@H]2CC[C@H]2CC1. The average molecular weight is 559 g/mol. The zero-order valence-corrected chi connectivity index (χ0v) is 23.8. The lowest BCUT2D eigenvalue weighted by molar-refractivity contribution is 0.0981. The van der Waals surface area contributed by atoms with E-state index in [1.165, 1.54) is 24.8 Å². The molecule has 0 unspecified atom stereocenters. The van der Waals surface area contributed by atoms with Gasteiger partial charge in [-0.15, -0.1) is 0 Å². The molecule has 1 fully saturated rings. The highest BCUT2D eigenvalue weighted by molar-refractivity contribution is 7.90. The molecule has 0 saturated heterocycles. The van der Waals surface area contributed by atoms with E-state index in [2.05, 4.69) is 16.5 Å². The number of hydrogen-bond acceptors (Lipinski definition) is 5. The van der Waals surface area contributed by atoms with E-state index in [1.807, 2.05) is 30.3 Å². The maximum Gasteiger partial charge on any atom is 0.264 e. The van der Waals surface area contributed by atoms with Gasteiger partial charge in [0.15, 0.2) is 0 Å². The van der Waals surface area contributed by atoms with Gasteiger partial charge in [-0.3, -0.25) is 4.79 Å². The Labute approximate surface area is 232 Å². The summed E-state index contributed by atoms with van der Waals surface area (Å²) >= 11 is 6.30. The van der Waals surface area contributed by atoms with Crippen molar-refractivity contribution >= 4 is 33.2 Å². The Morgan fingerprint density at radius 1 is 0.947 bits per heavy atom. The lowest BCUT2D eigenvalue weighted by Gasteiger charge is -2.41. The Morgan fingerprint density at radius 3 is 2.58 bits per heavy atom. The quantitative estimate of drug-likeness (QED) is 0.407. The van der Waals surface area contributed by atoms with Gasteiger partial charge in [-0.1, -0.05) is 31.0 Å². The molecule has 6 nitrogen and oxygen atoms in total. The number of halogens is 1. The van der Waals surface area contributed by atoms with Crippen LogP contribution in [0.15, 0.2) is 36.4 Å². The molecular weight excluding hydrogens is 520 g/mol. The number of ether oxygens (including phenoxy) is 1. The van der Waals surface area contributed by atoms with E-state index in [4.69, 9.17) is 16.3 Å². The number of anilines is 1. The Kier molecular flexibility index (Phi) is 8.53. The molecule has 5 rings (SSSR count). The minimum atomic E-state index is -3.70. The normalized spacial score (nSPS) is 26.4. The van der Waals surface area contributed by atoms with Crippen LogP contribution in [0.4, 0.5) is 5.69 Å². The summed E-state index contributed by atoms with van der Waals surface area (Å²) in [7, 11) is -3.70. The van der Waals surface area contributed by atoms with Crippen molar-refractivity contribution in [3.05, 3.63) is 58.1 Å². The molecule has 1 amide bonds. The number of aryl methyl sites for hydroxylation is 1. The smallest absolute Gasteiger partial charge is 0.264 e. The number of benzene rings is 2. The molecule has 2 aliphatic heterocycles.